The van der Waals surface area contributed by atoms with Crippen LogP contribution in [-0.2, 0) is 9.59 Å². The van der Waals surface area contributed by atoms with Crippen LogP contribution in [0, 0.1) is 5.92 Å². The maximum Gasteiger partial charge on any atom is 0.247 e. The highest BCUT2D eigenvalue weighted by Crippen LogP contribution is 2.42. The minimum absolute atomic E-state index is 0.0313. The largest absolute Gasteiger partial charge is 0.333 e. The van der Waals surface area contributed by atoms with Crippen molar-refractivity contribution in [3.8, 4) is 5.69 Å². The molecule has 2 amide bonds. The Balaban J connectivity index is 1.52. The summed E-state index contributed by atoms with van der Waals surface area (Å²) in [5.41, 5.74) is 3.99. The molecule has 1 unspecified atom stereocenters. The third-order valence-corrected chi connectivity index (χ3v) is 7.23. The summed E-state index contributed by atoms with van der Waals surface area (Å²) in [5, 5.41) is 0. The van der Waals surface area contributed by atoms with E-state index in [1.165, 1.54) is 0 Å². The van der Waals surface area contributed by atoms with Gasteiger partial charge in [-0.25, -0.2) is 0 Å². The molecule has 0 bridgehead atoms. The molecule has 0 N–H and O–H groups in total. The lowest BCUT2D eigenvalue weighted by Crippen LogP contribution is -2.48. The molecule has 34 heavy (non-hydrogen) atoms. The van der Waals surface area contributed by atoms with Crippen LogP contribution in [0.1, 0.15) is 62.7 Å². The number of aromatic nitrogens is 1. The van der Waals surface area contributed by atoms with Crippen molar-refractivity contribution in [3.63, 3.8) is 0 Å². The van der Waals surface area contributed by atoms with Crippen molar-refractivity contribution >= 4 is 17.5 Å². The first-order valence-corrected chi connectivity index (χ1v) is 12.6. The van der Waals surface area contributed by atoms with Crippen molar-refractivity contribution in [2.24, 2.45) is 5.92 Å². The second-order valence-electron chi connectivity index (χ2n) is 9.46. The lowest BCUT2D eigenvalue weighted by Gasteiger charge is -2.39. The summed E-state index contributed by atoms with van der Waals surface area (Å²) in [5.74, 6) is 0.195. The van der Waals surface area contributed by atoms with Gasteiger partial charge in [0.1, 0.15) is 12.6 Å². The summed E-state index contributed by atoms with van der Waals surface area (Å²) >= 11 is 0. The normalized spacial score (nSPS) is 17.3. The average molecular weight is 456 g/mol. The molecule has 2 aliphatic rings. The molecule has 5 nitrogen and oxygen atoms in total. The monoisotopic (exact) mass is 455 g/mol. The van der Waals surface area contributed by atoms with Gasteiger partial charge < -0.3 is 9.47 Å². The van der Waals surface area contributed by atoms with E-state index in [9.17, 15) is 9.59 Å². The zero-order chi connectivity index (χ0) is 23.5. The molecule has 0 radical (unpaired) electrons. The number of hydrogen-bond acceptors (Lipinski definition) is 2. The summed E-state index contributed by atoms with van der Waals surface area (Å²) in [6.07, 6.45) is 8.08. The van der Waals surface area contributed by atoms with E-state index < -0.39 is 0 Å². The van der Waals surface area contributed by atoms with Gasteiger partial charge in [0.15, 0.2) is 0 Å². The SMILES string of the molecule is CCCCN(CC(=O)N1c2ccccc2-n2cccc2C1c1ccccc1)C(=O)C1CCCC1. The Kier molecular flexibility index (Phi) is 6.52. The second kappa shape index (κ2) is 9.88. The summed E-state index contributed by atoms with van der Waals surface area (Å²) in [6, 6.07) is 22.1. The van der Waals surface area contributed by atoms with Gasteiger partial charge in [-0.05, 0) is 49.1 Å². The fourth-order valence-corrected chi connectivity index (χ4v) is 5.50. The lowest BCUT2D eigenvalue weighted by atomic mass is 9.97. The standard InChI is InChI=1S/C29H33N3O2/c1-2-3-19-30(29(34)23-14-7-8-15-23)21-27(33)32-25-17-10-9-16-24(25)31-20-11-18-26(31)28(32)22-12-5-4-6-13-22/h4-6,9-13,16-18,20,23,28H,2-3,7-8,14-15,19,21H2,1H3. The van der Waals surface area contributed by atoms with Gasteiger partial charge >= 0.3 is 0 Å². The summed E-state index contributed by atoms with van der Waals surface area (Å²) in [7, 11) is 0. The molecule has 5 heteroatoms. The number of rotatable bonds is 7. The van der Waals surface area contributed by atoms with Gasteiger partial charge in [0.2, 0.25) is 11.8 Å². The minimum Gasteiger partial charge on any atom is -0.333 e. The molecule has 1 aliphatic carbocycles. The Labute approximate surface area is 202 Å². The molecular weight excluding hydrogens is 422 g/mol. The van der Waals surface area contributed by atoms with Crippen molar-refractivity contribution < 1.29 is 9.59 Å². The fraction of sp³-hybridized carbons (Fsp3) is 0.379. The van der Waals surface area contributed by atoms with Crippen molar-refractivity contribution in [1.82, 2.24) is 9.47 Å². The van der Waals surface area contributed by atoms with Crippen LogP contribution >= 0.6 is 0 Å². The number of hydrogen-bond donors (Lipinski definition) is 0. The van der Waals surface area contributed by atoms with E-state index in [1.807, 2.05) is 52.3 Å². The lowest BCUT2D eigenvalue weighted by molar-refractivity contribution is -0.138. The van der Waals surface area contributed by atoms with Gasteiger partial charge in [0, 0.05) is 18.7 Å². The quantitative estimate of drug-likeness (QED) is 0.457. The number of unbranched alkanes of at least 4 members (excludes halogenated alkanes) is 1. The van der Waals surface area contributed by atoms with Crippen LogP contribution < -0.4 is 4.90 Å². The molecule has 1 saturated carbocycles. The second-order valence-corrected chi connectivity index (χ2v) is 9.46. The highest BCUT2D eigenvalue weighted by molar-refractivity contribution is 6.00. The molecule has 2 aromatic carbocycles. The van der Waals surface area contributed by atoms with Crippen LogP contribution in [-0.4, -0.2) is 34.4 Å². The Hall–Kier alpha value is -3.34. The van der Waals surface area contributed by atoms with Crippen LogP contribution in [0.4, 0.5) is 5.69 Å². The highest BCUT2D eigenvalue weighted by atomic mass is 16.2. The molecule has 2 heterocycles. The Morgan fingerprint density at radius 3 is 2.35 bits per heavy atom. The van der Waals surface area contributed by atoms with Gasteiger partial charge in [-0.2, -0.15) is 0 Å². The topological polar surface area (TPSA) is 45.6 Å². The van der Waals surface area contributed by atoms with E-state index in [1.54, 1.807) is 0 Å². The number of benzene rings is 2. The molecule has 5 rings (SSSR count). The number of amides is 2. The van der Waals surface area contributed by atoms with E-state index in [0.29, 0.717) is 6.54 Å². The zero-order valence-corrected chi connectivity index (χ0v) is 19.9. The molecule has 0 saturated heterocycles. The van der Waals surface area contributed by atoms with Crippen molar-refractivity contribution in [3.05, 3.63) is 84.2 Å². The van der Waals surface area contributed by atoms with Crippen LogP contribution in [0.3, 0.4) is 0 Å². The van der Waals surface area contributed by atoms with Gasteiger partial charge in [-0.3, -0.25) is 14.5 Å². The van der Waals surface area contributed by atoms with E-state index >= 15 is 0 Å². The van der Waals surface area contributed by atoms with E-state index in [-0.39, 0.29) is 30.3 Å². The molecule has 3 aromatic rings. The smallest absolute Gasteiger partial charge is 0.247 e. The number of carbonyl (C=O) groups excluding carboxylic acids is 2. The maximum absolute atomic E-state index is 14.1. The maximum atomic E-state index is 14.1. The third kappa shape index (κ3) is 4.15. The molecule has 176 valence electrons. The van der Waals surface area contributed by atoms with Crippen molar-refractivity contribution in [2.45, 2.75) is 51.5 Å². The van der Waals surface area contributed by atoms with Gasteiger partial charge in [-0.15, -0.1) is 0 Å². The summed E-state index contributed by atoms with van der Waals surface area (Å²) in [6.45, 7) is 2.88. The minimum atomic E-state index is -0.242. The first-order valence-electron chi connectivity index (χ1n) is 12.6. The highest BCUT2D eigenvalue weighted by Gasteiger charge is 2.37. The predicted octanol–water partition coefficient (Wildman–Crippen LogP) is 5.73. The van der Waals surface area contributed by atoms with E-state index in [0.717, 1.165) is 61.2 Å². The predicted molar refractivity (Wildman–Crippen MR) is 135 cm³/mol. The first-order chi connectivity index (χ1) is 16.7. The van der Waals surface area contributed by atoms with Gasteiger partial charge in [-0.1, -0.05) is 68.7 Å². The Morgan fingerprint density at radius 1 is 0.912 bits per heavy atom. The molecule has 1 aromatic heterocycles. The summed E-state index contributed by atoms with van der Waals surface area (Å²) in [4.78, 5) is 31.2. The number of carbonyl (C=O) groups is 2. The number of para-hydroxylation sites is 2. The number of fused-ring (bicyclic) bond motifs is 3. The van der Waals surface area contributed by atoms with Gasteiger partial charge in [0.05, 0.1) is 17.1 Å². The molecule has 1 aliphatic heterocycles. The molecule has 1 atom stereocenters. The van der Waals surface area contributed by atoms with Crippen LogP contribution in [0.5, 0.6) is 0 Å². The first kappa shape index (κ1) is 22.5. The third-order valence-electron chi connectivity index (χ3n) is 7.23. The Morgan fingerprint density at radius 2 is 1.62 bits per heavy atom. The molecular formula is C29H33N3O2. The van der Waals surface area contributed by atoms with E-state index in [2.05, 4.69) is 42.0 Å². The van der Waals surface area contributed by atoms with Crippen molar-refractivity contribution in [2.75, 3.05) is 18.0 Å². The van der Waals surface area contributed by atoms with Gasteiger partial charge in [0.25, 0.3) is 0 Å². The zero-order valence-electron chi connectivity index (χ0n) is 19.9. The molecule has 1 fully saturated rings. The van der Waals surface area contributed by atoms with Crippen LogP contribution in [0.25, 0.3) is 5.69 Å². The van der Waals surface area contributed by atoms with Crippen LogP contribution in [0.2, 0.25) is 0 Å². The molecule has 0 spiro atoms. The van der Waals surface area contributed by atoms with E-state index in [4.69, 9.17) is 0 Å². The number of anilines is 1. The van der Waals surface area contributed by atoms with Crippen molar-refractivity contribution in [1.29, 1.82) is 0 Å². The Bertz CT molecular complexity index is 1150. The van der Waals surface area contributed by atoms with Crippen LogP contribution in [0.15, 0.2) is 72.9 Å². The average Bonchev–Trinajstić information content (AvgIpc) is 3.58. The fourth-order valence-electron chi connectivity index (χ4n) is 5.50. The summed E-state index contributed by atoms with van der Waals surface area (Å²) < 4.78 is 2.18. The number of nitrogens with zero attached hydrogens (tertiary/aromatic N) is 3.